The average molecular weight is 536 g/mol. The minimum atomic E-state index is -0.770. The van der Waals surface area contributed by atoms with Gasteiger partial charge in [0.05, 0.1) is 38.3 Å². The highest BCUT2D eigenvalue weighted by Crippen LogP contribution is 2.46. The number of halogens is 1. The lowest BCUT2D eigenvalue weighted by Crippen LogP contribution is -2.29. The maximum atomic E-state index is 13.8. The summed E-state index contributed by atoms with van der Waals surface area (Å²) in [6.45, 7) is 1.90. The van der Waals surface area contributed by atoms with Crippen molar-refractivity contribution in [3.05, 3.63) is 91.7 Å². The van der Waals surface area contributed by atoms with Gasteiger partial charge in [0, 0.05) is 10.2 Å². The van der Waals surface area contributed by atoms with Crippen molar-refractivity contribution >= 4 is 38.5 Å². The molecule has 8 heteroatoms. The maximum absolute atomic E-state index is 13.8. The summed E-state index contributed by atoms with van der Waals surface area (Å²) in [5.41, 5.74) is 2.54. The van der Waals surface area contributed by atoms with E-state index in [-0.39, 0.29) is 16.8 Å². The molecule has 7 nitrogen and oxygen atoms in total. The number of anilines is 1. The number of methoxy groups -OCH3 is 3. The molecule has 5 rings (SSSR count). The van der Waals surface area contributed by atoms with Gasteiger partial charge < -0.3 is 18.6 Å². The molecule has 35 heavy (non-hydrogen) atoms. The van der Waals surface area contributed by atoms with Crippen LogP contribution in [0.5, 0.6) is 17.2 Å². The number of nitrogens with zero attached hydrogens (tertiary/aromatic N) is 1. The molecule has 3 aromatic carbocycles. The third kappa shape index (κ3) is 3.65. The first kappa shape index (κ1) is 23.0. The van der Waals surface area contributed by atoms with Crippen LogP contribution in [0, 0.1) is 6.92 Å². The predicted molar refractivity (Wildman–Crippen MR) is 136 cm³/mol. The fourth-order valence-electron chi connectivity index (χ4n) is 4.53. The lowest BCUT2D eigenvalue weighted by molar-refractivity contribution is 0.0971. The van der Waals surface area contributed by atoms with Crippen molar-refractivity contribution in [1.82, 2.24) is 0 Å². The van der Waals surface area contributed by atoms with E-state index in [9.17, 15) is 9.59 Å². The maximum Gasteiger partial charge on any atom is 0.295 e. The van der Waals surface area contributed by atoms with E-state index < -0.39 is 11.9 Å². The molecule has 178 valence electrons. The molecule has 4 aromatic rings. The van der Waals surface area contributed by atoms with Gasteiger partial charge in [0.2, 0.25) is 11.5 Å². The Morgan fingerprint density at radius 3 is 2.14 bits per heavy atom. The van der Waals surface area contributed by atoms with Crippen LogP contribution in [0.25, 0.3) is 11.0 Å². The molecule has 1 aliphatic heterocycles. The summed E-state index contributed by atoms with van der Waals surface area (Å²) >= 11 is 3.44. The number of hydrogen-bond donors (Lipinski definition) is 0. The molecule has 1 atom stereocenters. The van der Waals surface area contributed by atoms with Gasteiger partial charge in [-0.25, -0.2) is 0 Å². The minimum Gasteiger partial charge on any atom is -0.493 e. The Kier molecular flexibility index (Phi) is 5.76. The van der Waals surface area contributed by atoms with Crippen LogP contribution in [0.15, 0.2) is 68.3 Å². The lowest BCUT2D eigenvalue weighted by Gasteiger charge is -2.26. The van der Waals surface area contributed by atoms with Crippen LogP contribution in [-0.2, 0) is 0 Å². The summed E-state index contributed by atoms with van der Waals surface area (Å²) in [6.07, 6.45) is 0. The van der Waals surface area contributed by atoms with Crippen LogP contribution in [0.2, 0.25) is 0 Å². The normalized spacial score (nSPS) is 14.8. The van der Waals surface area contributed by atoms with Crippen LogP contribution in [0.3, 0.4) is 0 Å². The van der Waals surface area contributed by atoms with Crippen molar-refractivity contribution in [3.63, 3.8) is 0 Å². The molecule has 1 aromatic heterocycles. The van der Waals surface area contributed by atoms with Crippen LogP contribution in [0.4, 0.5) is 5.69 Å². The van der Waals surface area contributed by atoms with Crippen molar-refractivity contribution in [2.75, 3.05) is 26.2 Å². The van der Waals surface area contributed by atoms with Crippen LogP contribution in [-0.4, -0.2) is 27.2 Å². The first-order valence-corrected chi connectivity index (χ1v) is 11.6. The predicted octanol–water partition coefficient (Wildman–Crippen LogP) is 5.64. The van der Waals surface area contributed by atoms with Gasteiger partial charge in [-0.3, -0.25) is 14.5 Å². The Morgan fingerprint density at radius 1 is 0.886 bits per heavy atom. The molecule has 0 spiro atoms. The number of hydrogen-bond acceptors (Lipinski definition) is 6. The molecule has 0 bridgehead atoms. The van der Waals surface area contributed by atoms with Gasteiger partial charge in [0.1, 0.15) is 5.58 Å². The number of rotatable bonds is 5. The van der Waals surface area contributed by atoms with Gasteiger partial charge in [-0.15, -0.1) is 0 Å². The quantitative estimate of drug-likeness (QED) is 0.329. The van der Waals surface area contributed by atoms with Crippen molar-refractivity contribution in [2.24, 2.45) is 0 Å². The fraction of sp³-hybridized carbons (Fsp3) is 0.185. The number of carbonyl (C=O) groups excluding carboxylic acids is 1. The van der Waals surface area contributed by atoms with Gasteiger partial charge in [0.15, 0.2) is 16.9 Å². The molecule has 0 saturated heterocycles. The average Bonchev–Trinajstić information content (AvgIpc) is 3.16. The van der Waals surface area contributed by atoms with Gasteiger partial charge in [-0.1, -0.05) is 27.6 Å². The van der Waals surface area contributed by atoms with E-state index in [4.69, 9.17) is 18.6 Å². The molecular weight excluding hydrogens is 514 g/mol. The summed E-state index contributed by atoms with van der Waals surface area (Å²) in [5.74, 6) is 0.868. The number of benzene rings is 3. The highest BCUT2D eigenvalue weighted by Gasteiger charge is 2.44. The highest BCUT2D eigenvalue weighted by atomic mass is 79.9. The van der Waals surface area contributed by atoms with Gasteiger partial charge in [-0.05, 0) is 61.0 Å². The first-order valence-electron chi connectivity index (χ1n) is 10.8. The van der Waals surface area contributed by atoms with E-state index in [1.165, 1.54) is 21.3 Å². The van der Waals surface area contributed by atoms with E-state index in [1.54, 1.807) is 29.2 Å². The summed E-state index contributed by atoms with van der Waals surface area (Å²) in [4.78, 5) is 29.2. The van der Waals surface area contributed by atoms with Crippen molar-refractivity contribution in [2.45, 2.75) is 13.0 Å². The van der Waals surface area contributed by atoms with Crippen molar-refractivity contribution < 1.29 is 23.4 Å². The monoisotopic (exact) mass is 535 g/mol. The fourth-order valence-corrected chi connectivity index (χ4v) is 4.79. The standard InChI is InChI=1S/C27H22BrNO6/c1-14-5-10-19-18(11-14)24(30)22-23(15-12-20(32-2)25(34-4)21(13-15)33-3)29(27(31)26(22)35-19)17-8-6-16(28)7-9-17/h5-13,23H,1-4H3. The molecule has 0 N–H and O–H groups in total. The zero-order chi connectivity index (χ0) is 24.9. The first-order chi connectivity index (χ1) is 16.9. The number of fused-ring (bicyclic) bond motifs is 2. The molecule has 0 radical (unpaired) electrons. The van der Waals surface area contributed by atoms with Gasteiger partial charge >= 0.3 is 0 Å². The zero-order valence-corrected chi connectivity index (χ0v) is 21.1. The van der Waals surface area contributed by atoms with Crippen molar-refractivity contribution in [3.8, 4) is 17.2 Å². The number of ether oxygens (including phenoxy) is 3. The Balaban J connectivity index is 1.84. The molecule has 0 fully saturated rings. The topological polar surface area (TPSA) is 78.2 Å². The Labute approximate surface area is 210 Å². The Hall–Kier alpha value is -3.78. The minimum absolute atomic E-state index is 0.0213. The summed E-state index contributed by atoms with van der Waals surface area (Å²) in [7, 11) is 4.56. The molecule has 0 aliphatic carbocycles. The van der Waals surface area contributed by atoms with E-state index in [1.807, 2.05) is 37.3 Å². The third-order valence-corrected chi connectivity index (χ3v) is 6.66. The molecule has 1 unspecified atom stereocenters. The van der Waals surface area contributed by atoms with Gasteiger partial charge in [-0.2, -0.15) is 0 Å². The number of aryl methyl sites for hydroxylation is 1. The van der Waals surface area contributed by atoms with Gasteiger partial charge in [0.25, 0.3) is 5.91 Å². The molecule has 2 heterocycles. The summed E-state index contributed by atoms with van der Waals surface area (Å²) in [5, 5.41) is 0.423. The van der Waals surface area contributed by atoms with Crippen LogP contribution >= 0.6 is 15.9 Å². The molecule has 1 amide bonds. The zero-order valence-electron chi connectivity index (χ0n) is 19.5. The second kappa shape index (κ2) is 8.78. The smallest absolute Gasteiger partial charge is 0.295 e. The van der Waals surface area contributed by atoms with E-state index in [0.29, 0.717) is 39.5 Å². The Bertz CT molecular complexity index is 1500. The van der Waals surface area contributed by atoms with Crippen LogP contribution in [0.1, 0.15) is 33.3 Å². The number of amides is 1. The lowest BCUT2D eigenvalue weighted by atomic mass is 9.97. The van der Waals surface area contributed by atoms with Crippen LogP contribution < -0.4 is 24.5 Å². The molecular formula is C27H22BrNO6. The molecule has 0 saturated carbocycles. The largest absolute Gasteiger partial charge is 0.493 e. The van der Waals surface area contributed by atoms with E-state index in [0.717, 1.165) is 10.0 Å². The van der Waals surface area contributed by atoms with Crippen molar-refractivity contribution in [1.29, 1.82) is 0 Å². The van der Waals surface area contributed by atoms with E-state index in [2.05, 4.69) is 15.9 Å². The Morgan fingerprint density at radius 2 is 1.54 bits per heavy atom. The third-order valence-electron chi connectivity index (χ3n) is 6.13. The summed E-state index contributed by atoms with van der Waals surface area (Å²) < 4.78 is 23.5. The SMILES string of the molecule is COc1cc(C2c3c(oc4ccc(C)cc4c3=O)C(=O)N2c2ccc(Br)cc2)cc(OC)c1OC. The summed E-state index contributed by atoms with van der Waals surface area (Å²) in [6, 6.07) is 15.4. The number of carbonyl (C=O) groups is 1. The highest BCUT2D eigenvalue weighted by molar-refractivity contribution is 9.10. The van der Waals surface area contributed by atoms with E-state index >= 15 is 0 Å². The molecule has 1 aliphatic rings. The second-order valence-corrected chi connectivity index (χ2v) is 9.10. The second-order valence-electron chi connectivity index (χ2n) is 8.19.